The summed E-state index contributed by atoms with van der Waals surface area (Å²) < 4.78 is 4.61. The fraction of sp³-hybridized carbons (Fsp3) is 0.250. The molecular formula is C12H13BrN6. The number of nitrogens with one attached hydrogen (secondary N) is 1. The van der Waals surface area contributed by atoms with Gasteiger partial charge in [0.25, 0.3) is 0 Å². The van der Waals surface area contributed by atoms with Crippen LogP contribution in [0.2, 0.25) is 0 Å². The maximum Gasteiger partial charge on any atom is 0.153 e. The Morgan fingerprint density at radius 1 is 1.32 bits per heavy atom. The molecule has 7 heteroatoms. The van der Waals surface area contributed by atoms with Gasteiger partial charge in [0, 0.05) is 30.8 Å². The van der Waals surface area contributed by atoms with Gasteiger partial charge < -0.3 is 5.32 Å². The van der Waals surface area contributed by atoms with Gasteiger partial charge in [0.2, 0.25) is 0 Å². The second-order valence-corrected chi connectivity index (χ2v) is 5.19. The Kier molecular flexibility index (Phi) is 3.20. The molecule has 0 radical (unpaired) electrons. The first-order valence-corrected chi connectivity index (χ1v) is 6.75. The van der Waals surface area contributed by atoms with E-state index in [9.17, 15) is 0 Å². The fourth-order valence-corrected chi connectivity index (χ4v) is 2.44. The van der Waals surface area contributed by atoms with E-state index in [0.29, 0.717) is 0 Å². The lowest BCUT2D eigenvalue weighted by Gasteiger charge is -2.15. The molecule has 0 aromatic carbocycles. The van der Waals surface area contributed by atoms with E-state index in [1.165, 1.54) is 0 Å². The topological polar surface area (TPSA) is 60.0 Å². The van der Waals surface area contributed by atoms with Crippen LogP contribution in [0.4, 0.5) is 5.82 Å². The zero-order valence-corrected chi connectivity index (χ0v) is 11.9. The zero-order valence-electron chi connectivity index (χ0n) is 10.4. The van der Waals surface area contributed by atoms with Gasteiger partial charge in [0.15, 0.2) is 5.82 Å². The quantitative estimate of drug-likeness (QED) is 0.800. The second-order valence-electron chi connectivity index (χ2n) is 4.34. The molecule has 0 amide bonds. The van der Waals surface area contributed by atoms with E-state index >= 15 is 0 Å². The maximum atomic E-state index is 4.38. The number of hydrogen-bond acceptors (Lipinski definition) is 4. The summed E-state index contributed by atoms with van der Waals surface area (Å²) in [6, 6.07) is 2.12. The highest BCUT2D eigenvalue weighted by Gasteiger charge is 2.11. The van der Waals surface area contributed by atoms with Crippen molar-refractivity contribution in [2.75, 3.05) is 5.32 Å². The summed E-state index contributed by atoms with van der Waals surface area (Å²) in [5, 5.41) is 11.8. The maximum absolute atomic E-state index is 4.38. The molecule has 3 heterocycles. The molecular weight excluding hydrogens is 308 g/mol. The van der Waals surface area contributed by atoms with Crippen molar-refractivity contribution in [2.24, 2.45) is 0 Å². The standard InChI is InChI=1S/C12H13BrN6/c1-9(8-18-5-2-3-15-18)17-12-11-10(13)7-16-19(11)6-4-14-12/h2-7,9H,8H2,1H3,(H,14,17). The molecule has 98 valence electrons. The first kappa shape index (κ1) is 12.2. The largest absolute Gasteiger partial charge is 0.364 e. The number of hydrogen-bond donors (Lipinski definition) is 1. The van der Waals surface area contributed by atoms with Crippen molar-refractivity contribution in [3.63, 3.8) is 0 Å². The van der Waals surface area contributed by atoms with E-state index in [1.54, 1.807) is 23.1 Å². The number of fused-ring (bicyclic) bond motifs is 1. The molecule has 0 fully saturated rings. The predicted octanol–water partition coefficient (Wildman–Crippen LogP) is 2.19. The van der Waals surface area contributed by atoms with Crippen molar-refractivity contribution in [3.8, 4) is 0 Å². The monoisotopic (exact) mass is 320 g/mol. The van der Waals surface area contributed by atoms with E-state index in [0.717, 1.165) is 22.4 Å². The smallest absolute Gasteiger partial charge is 0.153 e. The van der Waals surface area contributed by atoms with Gasteiger partial charge in [-0.05, 0) is 28.9 Å². The minimum Gasteiger partial charge on any atom is -0.364 e. The van der Waals surface area contributed by atoms with Crippen molar-refractivity contribution in [2.45, 2.75) is 19.5 Å². The summed E-state index contributed by atoms with van der Waals surface area (Å²) in [6.45, 7) is 2.87. The third-order valence-electron chi connectivity index (χ3n) is 2.79. The highest BCUT2D eigenvalue weighted by atomic mass is 79.9. The summed E-state index contributed by atoms with van der Waals surface area (Å²) in [5.41, 5.74) is 0.940. The molecule has 3 aromatic rings. The van der Waals surface area contributed by atoms with Crippen LogP contribution < -0.4 is 5.32 Å². The molecule has 0 aliphatic heterocycles. The Morgan fingerprint density at radius 3 is 3.00 bits per heavy atom. The molecule has 0 spiro atoms. The van der Waals surface area contributed by atoms with Gasteiger partial charge in [-0.1, -0.05) is 0 Å². The highest BCUT2D eigenvalue weighted by molar-refractivity contribution is 9.10. The molecule has 0 saturated heterocycles. The molecule has 1 unspecified atom stereocenters. The molecule has 1 N–H and O–H groups in total. The number of rotatable bonds is 4. The van der Waals surface area contributed by atoms with Crippen LogP contribution in [0.3, 0.4) is 0 Å². The van der Waals surface area contributed by atoms with Crippen molar-refractivity contribution in [1.29, 1.82) is 0 Å². The van der Waals surface area contributed by atoms with Crippen LogP contribution in [0, 0.1) is 0 Å². The molecule has 3 aromatic heterocycles. The van der Waals surface area contributed by atoms with Crippen molar-refractivity contribution >= 4 is 27.3 Å². The van der Waals surface area contributed by atoms with Gasteiger partial charge in [0.05, 0.1) is 17.2 Å². The average molecular weight is 321 g/mol. The van der Waals surface area contributed by atoms with Crippen LogP contribution in [0.5, 0.6) is 0 Å². The lowest BCUT2D eigenvalue weighted by molar-refractivity contribution is 0.560. The Bertz CT molecular complexity index is 675. The van der Waals surface area contributed by atoms with Gasteiger partial charge in [-0.3, -0.25) is 4.68 Å². The van der Waals surface area contributed by atoms with Gasteiger partial charge in [-0.2, -0.15) is 10.2 Å². The van der Waals surface area contributed by atoms with Gasteiger partial charge in [0.1, 0.15) is 5.52 Å². The SMILES string of the molecule is CC(Cn1cccn1)Nc1nccn2ncc(Br)c12. The summed E-state index contributed by atoms with van der Waals surface area (Å²) in [6.07, 6.45) is 9.04. The van der Waals surface area contributed by atoms with E-state index in [2.05, 4.69) is 43.4 Å². The number of anilines is 1. The zero-order chi connectivity index (χ0) is 13.2. The summed E-state index contributed by atoms with van der Waals surface area (Å²) in [7, 11) is 0. The molecule has 3 rings (SSSR count). The molecule has 0 aliphatic carbocycles. The average Bonchev–Trinajstić information content (AvgIpc) is 3.00. The Labute approximate surface area is 118 Å². The minimum atomic E-state index is 0.209. The van der Waals surface area contributed by atoms with Gasteiger partial charge in [-0.25, -0.2) is 9.50 Å². The van der Waals surface area contributed by atoms with Gasteiger partial charge in [-0.15, -0.1) is 0 Å². The van der Waals surface area contributed by atoms with Crippen LogP contribution in [0.1, 0.15) is 6.92 Å². The predicted molar refractivity (Wildman–Crippen MR) is 76.0 cm³/mol. The minimum absolute atomic E-state index is 0.209. The molecule has 0 aliphatic rings. The Balaban J connectivity index is 1.83. The molecule has 0 saturated carbocycles. The summed E-state index contributed by atoms with van der Waals surface area (Å²) in [4.78, 5) is 4.38. The Morgan fingerprint density at radius 2 is 2.21 bits per heavy atom. The van der Waals surface area contributed by atoms with Crippen LogP contribution in [0.15, 0.2) is 41.5 Å². The number of halogens is 1. The normalized spacial score (nSPS) is 12.7. The van der Waals surface area contributed by atoms with Crippen molar-refractivity contribution < 1.29 is 0 Å². The third-order valence-corrected chi connectivity index (χ3v) is 3.37. The van der Waals surface area contributed by atoms with E-state index < -0.39 is 0 Å². The van der Waals surface area contributed by atoms with Crippen LogP contribution >= 0.6 is 15.9 Å². The number of aromatic nitrogens is 5. The molecule has 1 atom stereocenters. The highest BCUT2D eigenvalue weighted by Crippen LogP contribution is 2.23. The van der Waals surface area contributed by atoms with Crippen LogP contribution in [-0.4, -0.2) is 30.4 Å². The lowest BCUT2D eigenvalue weighted by Crippen LogP contribution is -2.23. The van der Waals surface area contributed by atoms with Crippen LogP contribution in [0.25, 0.3) is 5.52 Å². The summed E-state index contributed by atoms with van der Waals surface area (Å²) in [5.74, 6) is 0.812. The second kappa shape index (κ2) is 5.00. The fourth-order valence-electron chi connectivity index (χ4n) is 1.98. The number of nitrogens with zero attached hydrogens (tertiary/aromatic N) is 5. The molecule has 19 heavy (non-hydrogen) atoms. The molecule has 0 bridgehead atoms. The van der Waals surface area contributed by atoms with Crippen molar-refractivity contribution in [1.82, 2.24) is 24.4 Å². The first-order valence-electron chi connectivity index (χ1n) is 5.96. The lowest BCUT2D eigenvalue weighted by atomic mass is 10.3. The molecule has 6 nitrogen and oxygen atoms in total. The third kappa shape index (κ3) is 2.46. The Hall–Kier alpha value is -1.89. The van der Waals surface area contributed by atoms with E-state index in [-0.39, 0.29) is 6.04 Å². The van der Waals surface area contributed by atoms with E-state index in [1.807, 2.05) is 23.1 Å². The van der Waals surface area contributed by atoms with Crippen LogP contribution in [-0.2, 0) is 6.54 Å². The first-order chi connectivity index (χ1) is 9.24. The van der Waals surface area contributed by atoms with Crippen molar-refractivity contribution in [3.05, 3.63) is 41.5 Å². The van der Waals surface area contributed by atoms with Gasteiger partial charge >= 0.3 is 0 Å². The van der Waals surface area contributed by atoms with E-state index in [4.69, 9.17) is 0 Å². The summed E-state index contributed by atoms with van der Waals surface area (Å²) >= 11 is 3.49.